The fourth-order valence-corrected chi connectivity index (χ4v) is 4.91. The molecule has 2 rings (SSSR count). The fraction of sp³-hybridized carbons (Fsp3) is 0.455. The monoisotopic (exact) mass is 323 g/mol. The molecule has 1 saturated heterocycles. The van der Waals surface area contributed by atoms with Crippen LogP contribution in [0.4, 0.5) is 4.39 Å². The van der Waals surface area contributed by atoms with Crippen LogP contribution in [0.15, 0.2) is 23.1 Å². The van der Waals surface area contributed by atoms with E-state index in [-0.39, 0.29) is 30.2 Å². The minimum Gasteiger partial charge on any atom is -0.392 e. The average molecular weight is 323 g/mol. The molecule has 1 aliphatic rings. The highest BCUT2D eigenvalue weighted by Crippen LogP contribution is 2.22. The second-order valence-electron chi connectivity index (χ2n) is 4.48. The zero-order valence-electron chi connectivity index (χ0n) is 10.5. The molecule has 0 amide bonds. The summed E-state index contributed by atoms with van der Waals surface area (Å²) in [6.07, 6.45) is 0. The summed E-state index contributed by atoms with van der Waals surface area (Å²) in [5.41, 5.74) is 0.273. The van der Waals surface area contributed by atoms with Crippen LogP contribution < -0.4 is 0 Å². The summed E-state index contributed by atoms with van der Waals surface area (Å²) in [6, 6.07) is 3.32. The van der Waals surface area contributed by atoms with Crippen LogP contribution >= 0.6 is 0 Å². The third-order valence-corrected chi connectivity index (χ3v) is 6.62. The molecule has 1 aromatic rings. The molecule has 1 aromatic carbocycles. The lowest BCUT2D eigenvalue weighted by molar-refractivity contribution is 0.281. The van der Waals surface area contributed by atoms with Crippen molar-refractivity contribution in [2.75, 3.05) is 24.6 Å². The summed E-state index contributed by atoms with van der Waals surface area (Å²) in [5.74, 6) is -1.46. The Morgan fingerprint density at radius 3 is 2.40 bits per heavy atom. The molecule has 0 spiro atoms. The minimum atomic E-state index is -4.09. The molecule has 1 fully saturated rings. The van der Waals surface area contributed by atoms with Gasteiger partial charge in [-0.25, -0.2) is 21.2 Å². The van der Waals surface area contributed by atoms with Crippen molar-refractivity contribution >= 4 is 19.9 Å². The first-order valence-electron chi connectivity index (χ1n) is 5.86. The van der Waals surface area contributed by atoms with Gasteiger partial charge in [0.05, 0.1) is 18.1 Å². The molecule has 112 valence electrons. The Morgan fingerprint density at radius 1 is 1.25 bits per heavy atom. The highest BCUT2D eigenvalue weighted by molar-refractivity contribution is 7.92. The zero-order chi connectivity index (χ0) is 15.0. The van der Waals surface area contributed by atoms with Gasteiger partial charge >= 0.3 is 0 Å². The molecule has 0 aromatic heterocycles. The van der Waals surface area contributed by atoms with E-state index >= 15 is 0 Å². The van der Waals surface area contributed by atoms with Crippen molar-refractivity contribution in [2.24, 2.45) is 0 Å². The maximum atomic E-state index is 13.7. The van der Waals surface area contributed by atoms with Crippen LogP contribution in [0, 0.1) is 5.82 Å². The van der Waals surface area contributed by atoms with Gasteiger partial charge in [-0.2, -0.15) is 4.31 Å². The fourth-order valence-electron chi connectivity index (χ4n) is 1.92. The molecule has 1 N–H and O–H groups in total. The zero-order valence-corrected chi connectivity index (χ0v) is 12.1. The number of nitrogens with zero attached hydrogens (tertiary/aromatic N) is 1. The van der Waals surface area contributed by atoms with Crippen molar-refractivity contribution < 1.29 is 26.3 Å². The van der Waals surface area contributed by atoms with Gasteiger partial charge in [-0.3, -0.25) is 0 Å². The molecule has 0 aliphatic carbocycles. The Kier molecular flexibility index (Phi) is 4.14. The van der Waals surface area contributed by atoms with Crippen molar-refractivity contribution in [3.05, 3.63) is 29.6 Å². The van der Waals surface area contributed by atoms with Crippen molar-refractivity contribution in [3.63, 3.8) is 0 Å². The van der Waals surface area contributed by atoms with Crippen molar-refractivity contribution in [1.29, 1.82) is 0 Å². The first-order valence-corrected chi connectivity index (χ1v) is 9.12. The van der Waals surface area contributed by atoms with Crippen LogP contribution in [0.2, 0.25) is 0 Å². The number of hydrogen-bond donors (Lipinski definition) is 1. The molecule has 0 bridgehead atoms. The maximum Gasteiger partial charge on any atom is 0.246 e. The first-order chi connectivity index (χ1) is 9.26. The van der Waals surface area contributed by atoms with E-state index in [4.69, 9.17) is 5.11 Å². The van der Waals surface area contributed by atoms with E-state index in [0.717, 1.165) is 16.4 Å². The van der Waals surface area contributed by atoms with E-state index in [9.17, 15) is 21.2 Å². The van der Waals surface area contributed by atoms with Gasteiger partial charge in [0.2, 0.25) is 10.0 Å². The predicted molar refractivity (Wildman–Crippen MR) is 69.7 cm³/mol. The number of sulfone groups is 1. The first kappa shape index (κ1) is 15.4. The van der Waals surface area contributed by atoms with Crippen LogP contribution in [0.1, 0.15) is 5.56 Å². The van der Waals surface area contributed by atoms with Gasteiger partial charge in [0.15, 0.2) is 9.84 Å². The number of hydrogen-bond acceptors (Lipinski definition) is 5. The van der Waals surface area contributed by atoms with Crippen molar-refractivity contribution in [1.82, 2.24) is 4.31 Å². The summed E-state index contributed by atoms with van der Waals surface area (Å²) >= 11 is 0. The van der Waals surface area contributed by atoms with Crippen LogP contribution in [-0.4, -0.2) is 50.8 Å². The van der Waals surface area contributed by atoms with Crippen molar-refractivity contribution in [3.8, 4) is 0 Å². The second kappa shape index (κ2) is 5.40. The molecule has 9 heteroatoms. The van der Waals surface area contributed by atoms with Crippen LogP contribution in [0.3, 0.4) is 0 Å². The predicted octanol–water partition coefficient (Wildman–Crippen LogP) is -0.263. The lowest BCUT2D eigenvalue weighted by Crippen LogP contribution is -2.43. The standard InChI is InChI=1S/C11H14FNO5S2/c12-10-2-1-9(8-14)7-11(10)20(17,18)13-3-5-19(15,16)6-4-13/h1-2,7,14H,3-6,8H2. The molecule has 1 heterocycles. The van der Waals surface area contributed by atoms with Gasteiger partial charge in [0.25, 0.3) is 0 Å². The van der Waals surface area contributed by atoms with E-state index in [1.54, 1.807) is 0 Å². The average Bonchev–Trinajstić information content (AvgIpc) is 2.38. The van der Waals surface area contributed by atoms with E-state index < -0.39 is 37.2 Å². The Hall–Kier alpha value is -1.03. The highest BCUT2D eigenvalue weighted by Gasteiger charge is 2.32. The Morgan fingerprint density at radius 2 is 1.85 bits per heavy atom. The molecular weight excluding hydrogens is 309 g/mol. The third-order valence-electron chi connectivity index (χ3n) is 3.10. The highest BCUT2D eigenvalue weighted by atomic mass is 32.2. The van der Waals surface area contributed by atoms with E-state index in [0.29, 0.717) is 0 Å². The lowest BCUT2D eigenvalue weighted by Gasteiger charge is -2.26. The third kappa shape index (κ3) is 3.00. The van der Waals surface area contributed by atoms with E-state index in [2.05, 4.69) is 0 Å². The van der Waals surface area contributed by atoms with E-state index in [1.807, 2.05) is 0 Å². The molecule has 6 nitrogen and oxygen atoms in total. The van der Waals surface area contributed by atoms with Gasteiger partial charge in [-0.15, -0.1) is 0 Å². The van der Waals surface area contributed by atoms with Crippen LogP contribution in [0.25, 0.3) is 0 Å². The summed E-state index contributed by atoms with van der Waals surface area (Å²) in [5, 5.41) is 8.99. The second-order valence-corrected chi connectivity index (χ2v) is 8.69. The summed E-state index contributed by atoms with van der Waals surface area (Å²) in [7, 11) is -7.31. The number of benzene rings is 1. The molecular formula is C11H14FNO5S2. The van der Waals surface area contributed by atoms with Gasteiger partial charge in [-0.1, -0.05) is 6.07 Å². The number of halogens is 1. The molecule has 1 aliphatic heterocycles. The molecule has 20 heavy (non-hydrogen) atoms. The summed E-state index contributed by atoms with van der Waals surface area (Å²) in [6.45, 7) is -0.780. The SMILES string of the molecule is O=S1(=O)CCN(S(=O)(=O)c2cc(CO)ccc2F)CC1. The topological polar surface area (TPSA) is 91.8 Å². The van der Waals surface area contributed by atoms with Gasteiger partial charge in [-0.05, 0) is 17.7 Å². The normalized spacial score (nSPS) is 19.9. The number of rotatable bonds is 3. The largest absolute Gasteiger partial charge is 0.392 e. The Balaban J connectivity index is 2.36. The molecule has 0 unspecified atom stereocenters. The van der Waals surface area contributed by atoms with Crippen LogP contribution in [0.5, 0.6) is 0 Å². The van der Waals surface area contributed by atoms with Crippen molar-refractivity contribution in [2.45, 2.75) is 11.5 Å². The van der Waals surface area contributed by atoms with Gasteiger partial charge in [0, 0.05) is 13.1 Å². The van der Waals surface area contributed by atoms with Gasteiger partial charge in [0.1, 0.15) is 10.7 Å². The molecule has 0 atom stereocenters. The Bertz CT molecular complexity index is 700. The van der Waals surface area contributed by atoms with Gasteiger partial charge < -0.3 is 5.11 Å². The molecule has 0 saturated carbocycles. The number of sulfonamides is 1. The maximum absolute atomic E-state index is 13.7. The summed E-state index contributed by atoms with van der Waals surface area (Å²) in [4.78, 5) is -0.539. The van der Waals surface area contributed by atoms with E-state index in [1.165, 1.54) is 6.07 Å². The quantitative estimate of drug-likeness (QED) is 0.827. The van der Waals surface area contributed by atoms with Crippen LogP contribution in [-0.2, 0) is 26.5 Å². The number of aliphatic hydroxyl groups excluding tert-OH is 1. The minimum absolute atomic E-state index is 0.187. The summed E-state index contributed by atoms with van der Waals surface area (Å²) < 4.78 is 61.8. The Labute approximate surface area is 116 Å². The molecule has 0 radical (unpaired) electrons. The smallest absolute Gasteiger partial charge is 0.246 e. The lowest BCUT2D eigenvalue weighted by atomic mass is 10.2. The number of aliphatic hydroxyl groups is 1.